The molecule has 7 heteroatoms. The van der Waals surface area contributed by atoms with Crippen LogP contribution in [0.15, 0.2) is 5.38 Å². The van der Waals surface area contributed by atoms with Crippen molar-refractivity contribution in [1.82, 2.24) is 4.98 Å². The van der Waals surface area contributed by atoms with Crippen molar-refractivity contribution in [2.75, 3.05) is 5.75 Å². The van der Waals surface area contributed by atoms with E-state index >= 15 is 0 Å². The Hall–Kier alpha value is -0.790. The van der Waals surface area contributed by atoms with E-state index in [1.165, 1.54) is 11.3 Å². The molecule has 0 aliphatic carbocycles. The van der Waals surface area contributed by atoms with E-state index in [1.54, 1.807) is 26.2 Å². The SMILES string of the molecule is CC(N)c1nc(C(=O)CCS(=O)(=O)C(C)C)cs1. The Morgan fingerprint density at radius 3 is 2.50 bits per heavy atom. The molecule has 5 nitrogen and oxygen atoms in total. The first-order chi connectivity index (χ1) is 8.24. The molecular formula is C11H18N2O3S2. The van der Waals surface area contributed by atoms with Crippen molar-refractivity contribution < 1.29 is 13.2 Å². The van der Waals surface area contributed by atoms with E-state index in [4.69, 9.17) is 5.73 Å². The van der Waals surface area contributed by atoms with E-state index in [1.807, 2.05) is 0 Å². The van der Waals surface area contributed by atoms with Crippen molar-refractivity contribution in [3.8, 4) is 0 Å². The van der Waals surface area contributed by atoms with Crippen LogP contribution in [-0.2, 0) is 9.84 Å². The first-order valence-electron chi connectivity index (χ1n) is 5.70. The molecule has 0 radical (unpaired) electrons. The van der Waals surface area contributed by atoms with Crippen molar-refractivity contribution in [1.29, 1.82) is 0 Å². The molecule has 0 aliphatic heterocycles. The van der Waals surface area contributed by atoms with E-state index in [0.717, 1.165) is 0 Å². The highest BCUT2D eigenvalue weighted by Gasteiger charge is 2.20. The average molecular weight is 290 g/mol. The van der Waals surface area contributed by atoms with Gasteiger partial charge in [-0.15, -0.1) is 11.3 Å². The van der Waals surface area contributed by atoms with Gasteiger partial charge in [0, 0.05) is 11.8 Å². The molecule has 0 bridgehead atoms. The number of carbonyl (C=O) groups excluding carboxylic acids is 1. The van der Waals surface area contributed by atoms with Gasteiger partial charge in [-0.1, -0.05) is 0 Å². The molecule has 0 aliphatic rings. The summed E-state index contributed by atoms with van der Waals surface area (Å²) in [6.07, 6.45) is -0.0252. The van der Waals surface area contributed by atoms with Crippen LogP contribution in [0.1, 0.15) is 48.7 Å². The van der Waals surface area contributed by atoms with Gasteiger partial charge in [0.05, 0.1) is 17.0 Å². The van der Waals surface area contributed by atoms with Gasteiger partial charge in [-0.05, 0) is 20.8 Å². The normalized spacial score (nSPS) is 13.8. The molecule has 102 valence electrons. The Morgan fingerprint density at radius 2 is 2.06 bits per heavy atom. The van der Waals surface area contributed by atoms with E-state index in [9.17, 15) is 13.2 Å². The Labute approximate surface area is 111 Å². The summed E-state index contributed by atoms with van der Waals surface area (Å²) in [4.78, 5) is 15.9. The highest BCUT2D eigenvalue weighted by molar-refractivity contribution is 7.91. The first kappa shape index (κ1) is 15.3. The minimum atomic E-state index is -3.18. The topological polar surface area (TPSA) is 90.1 Å². The van der Waals surface area contributed by atoms with Crippen LogP contribution < -0.4 is 5.73 Å². The third kappa shape index (κ3) is 3.86. The Morgan fingerprint density at radius 1 is 1.44 bits per heavy atom. The molecule has 0 spiro atoms. The fraction of sp³-hybridized carbons (Fsp3) is 0.636. The molecular weight excluding hydrogens is 272 g/mol. The molecule has 1 aromatic heterocycles. The fourth-order valence-electron chi connectivity index (χ4n) is 1.22. The van der Waals surface area contributed by atoms with Crippen LogP contribution in [0.3, 0.4) is 0 Å². The number of hydrogen-bond donors (Lipinski definition) is 1. The second kappa shape index (κ2) is 5.90. The monoisotopic (exact) mass is 290 g/mol. The largest absolute Gasteiger partial charge is 0.322 e. The van der Waals surface area contributed by atoms with E-state index < -0.39 is 15.1 Å². The summed E-state index contributed by atoms with van der Waals surface area (Å²) in [5.41, 5.74) is 5.96. The lowest BCUT2D eigenvalue weighted by atomic mass is 10.2. The van der Waals surface area contributed by atoms with Crippen molar-refractivity contribution in [3.05, 3.63) is 16.1 Å². The molecule has 0 amide bonds. The summed E-state index contributed by atoms with van der Waals surface area (Å²) in [5.74, 6) is -0.378. The van der Waals surface area contributed by atoms with Crippen molar-refractivity contribution in [2.24, 2.45) is 5.73 Å². The minimum Gasteiger partial charge on any atom is -0.322 e. The molecule has 1 rings (SSSR count). The molecule has 0 aromatic carbocycles. The molecule has 0 fully saturated rings. The quantitative estimate of drug-likeness (QED) is 0.803. The van der Waals surface area contributed by atoms with Crippen LogP contribution in [0.25, 0.3) is 0 Å². The first-order valence-corrected chi connectivity index (χ1v) is 8.29. The number of sulfone groups is 1. The Kier molecular flexibility index (Phi) is 5.01. The number of thiazole rings is 1. The third-order valence-electron chi connectivity index (χ3n) is 2.53. The summed E-state index contributed by atoms with van der Waals surface area (Å²) in [6.45, 7) is 5.00. The second-order valence-electron chi connectivity index (χ2n) is 4.45. The number of nitrogens with zero attached hydrogens (tertiary/aromatic N) is 1. The van der Waals surface area contributed by atoms with Gasteiger partial charge in [-0.3, -0.25) is 4.79 Å². The summed E-state index contributed by atoms with van der Waals surface area (Å²) >= 11 is 1.32. The zero-order valence-corrected chi connectivity index (χ0v) is 12.3. The van der Waals surface area contributed by atoms with Crippen LogP contribution >= 0.6 is 11.3 Å². The predicted molar refractivity (Wildman–Crippen MR) is 72.6 cm³/mol. The number of carbonyl (C=O) groups is 1. The summed E-state index contributed by atoms with van der Waals surface area (Å²) in [5, 5.41) is 1.86. The van der Waals surface area contributed by atoms with E-state index in [0.29, 0.717) is 10.7 Å². The predicted octanol–water partition coefficient (Wildman–Crippen LogP) is 1.56. The number of aromatic nitrogens is 1. The maximum absolute atomic E-state index is 11.8. The van der Waals surface area contributed by atoms with Gasteiger partial charge in [-0.2, -0.15) is 0 Å². The second-order valence-corrected chi connectivity index (χ2v) is 8.02. The standard InChI is InChI=1S/C11H18N2O3S2/c1-7(2)18(15,16)5-4-10(14)9-6-17-11(13-9)8(3)12/h6-8H,4-5,12H2,1-3H3. The highest BCUT2D eigenvalue weighted by atomic mass is 32.2. The number of Topliss-reactive ketones (excluding diaryl/α,β-unsaturated/α-hetero) is 1. The van der Waals surface area contributed by atoms with Crippen LogP contribution in [0.2, 0.25) is 0 Å². The minimum absolute atomic E-state index is 0.0252. The van der Waals surface area contributed by atoms with E-state index in [2.05, 4.69) is 4.98 Å². The summed E-state index contributed by atoms with van der Waals surface area (Å²) in [7, 11) is -3.18. The number of nitrogens with two attached hydrogens (primary N) is 1. The van der Waals surface area contributed by atoms with Gasteiger partial charge in [0.25, 0.3) is 0 Å². The molecule has 18 heavy (non-hydrogen) atoms. The van der Waals surface area contributed by atoms with Gasteiger partial charge in [0.2, 0.25) is 0 Å². The van der Waals surface area contributed by atoms with Crippen molar-refractivity contribution in [3.63, 3.8) is 0 Å². The third-order valence-corrected chi connectivity index (χ3v) is 5.78. The van der Waals surface area contributed by atoms with Gasteiger partial charge in [0.1, 0.15) is 10.7 Å². The van der Waals surface area contributed by atoms with Crippen molar-refractivity contribution in [2.45, 2.75) is 38.5 Å². The molecule has 1 unspecified atom stereocenters. The molecule has 0 saturated heterocycles. The van der Waals surface area contributed by atoms with Gasteiger partial charge in [-0.25, -0.2) is 13.4 Å². The van der Waals surface area contributed by atoms with Gasteiger partial charge < -0.3 is 5.73 Å². The molecule has 2 N–H and O–H groups in total. The maximum atomic E-state index is 11.8. The fourth-order valence-corrected chi connectivity index (χ4v) is 2.95. The Balaban J connectivity index is 2.66. The molecule has 1 atom stereocenters. The Bertz CT molecular complexity index is 518. The maximum Gasteiger partial charge on any atom is 0.183 e. The number of ketones is 1. The number of rotatable bonds is 6. The number of hydrogen-bond acceptors (Lipinski definition) is 6. The summed E-state index contributed by atoms with van der Waals surface area (Å²) < 4.78 is 23.2. The smallest absolute Gasteiger partial charge is 0.183 e. The summed E-state index contributed by atoms with van der Waals surface area (Å²) in [6, 6.07) is -0.212. The van der Waals surface area contributed by atoms with Crippen molar-refractivity contribution >= 4 is 27.0 Å². The lowest BCUT2D eigenvalue weighted by Crippen LogP contribution is -2.20. The zero-order chi connectivity index (χ0) is 13.9. The van der Waals surface area contributed by atoms with E-state index in [-0.39, 0.29) is 24.0 Å². The van der Waals surface area contributed by atoms with Crippen LogP contribution in [-0.4, -0.2) is 30.2 Å². The molecule has 1 aromatic rings. The lowest BCUT2D eigenvalue weighted by molar-refractivity contribution is 0.0984. The van der Waals surface area contributed by atoms with Gasteiger partial charge >= 0.3 is 0 Å². The molecule has 0 saturated carbocycles. The van der Waals surface area contributed by atoms with Crippen LogP contribution in [0, 0.1) is 0 Å². The van der Waals surface area contributed by atoms with Crippen LogP contribution in [0.4, 0.5) is 0 Å². The lowest BCUT2D eigenvalue weighted by Gasteiger charge is -2.05. The van der Waals surface area contributed by atoms with Crippen LogP contribution in [0.5, 0.6) is 0 Å². The highest BCUT2D eigenvalue weighted by Crippen LogP contribution is 2.17. The molecule has 1 heterocycles. The zero-order valence-electron chi connectivity index (χ0n) is 10.7. The average Bonchev–Trinajstić information content (AvgIpc) is 2.75. The van der Waals surface area contributed by atoms with Gasteiger partial charge in [0.15, 0.2) is 15.6 Å².